The topological polar surface area (TPSA) is 32.8 Å². The van der Waals surface area contributed by atoms with Crippen molar-refractivity contribution >= 4 is 5.97 Å². The summed E-state index contributed by atoms with van der Waals surface area (Å²) in [6, 6.07) is 0. The first-order chi connectivity index (χ1) is 6.72. The van der Waals surface area contributed by atoms with Crippen LogP contribution in [-0.2, 0) is 9.53 Å². The van der Waals surface area contributed by atoms with Gasteiger partial charge >= 0.3 is 12.6 Å². The van der Waals surface area contributed by atoms with Crippen molar-refractivity contribution in [3.05, 3.63) is 19.1 Å². The molecule has 5 heteroatoms. The molecule has 0 N–H and O–H groups in total. The lowest BCUT2D eigenvalue weighted by atomic mass is 10.4. The van der Waals surface area contributed by atoms with Crippen LogP contribution in [0.5, 0.6) is 0 Å². The normalized spacial score (nSPS) is 13.5. The van der Waals surface area contributed by atoms with E-state index in [0.717, 1.165) is 12.8 Å². The van der Waals surface area contributed by atoms with Gasteiger partial charge in [0.25, 0.3) is 0 Å². The molecule has 0 aliphatic carbocycles. The summed E-state index contributed by atoms with van der Waals surface area (Å²) in [6.45, 7) is 5.75. The van der Waals surface area contributed by atoms with Crippen LogP contribution >= 0.6 is 0 Å². The molecule has 1 aliphatic heterocycles. The highest BCUT2D eigenvalue weighted by Crippen LogP contribution is 2.07. The van der Waals surface area contributed by atoms with Gasteiger partial charge in [-0.05, 0) is 6.42 Å². The summed E-state index contributed by atoms with van der Waals surface area (Å²) in [6.07, 6.45) is 5.59. The molecule has 0 amide bonds. The van der Waals surface area contributed by atoms with E-state index in [9.17, 15) is 4.79 Å². The van der Waals surface area contributed by atoms with Crippen molar-refractivity contribution in [2.45, 2.75) is 19.8 Å². The second-order valence-electron chi connectivity index (χ2n) is 3.21. The van der Waals surface area contributed by atoms with Gasteiger partial charge in [-0.25, -0.2) is 4.79 Å². The lowest BCUT2D eigenvalue weighted by Crippen LogP contribution is -3.00. The first kappa shape index (κ1) is 14.2. The number of nitrogens with zero attached hydrogens (tertiary/aromatic N) is 2. The second-order valence-corrected chi connectivity index (χ2v) is 3.21. The SMILES string of the molecule is CCCCOC(=O)CN1[C+]N(C)C=C1.[Br-]. The molecule has 0 aromatic carbocycles. The van der Waals surface area contributed by atoms with Crippen molar-refractivity contribution < 1.29 is 26.5 Å². The maximum absolute atomic E-state index is 11.2. The number of unbranched alkanes of at least 4 members (excludes halogenated alkanes) is 1. The Kier molecular flexibility index (Phi) is 7.03. The molecule has 0 aromatic heterocycles. The Bertz CT molecular complexity index is 221. The molecule has 0 atom stereocenters. The van der Waals surface area contributed by atoms with E-state index in [1.165, 1.54) is 0 Å². The summed E-state index contributed by atoms with van der Waals surface area (Å²) in [7, 11) is 1.86. The van der Waals surface area contributed by atoms with Crippen molar-refractivity contribution in [1.82, 2.24) is 9.80 Å². The quantitative estimate of drug-likeness (QED) is 0.332. The lowest BCUT2D eigenvalue weighted by Gasteiger charge is -2.04. The smallest absolute Gasteiger partial charge is 0.564 e. The molecular weight excluding hydrogens is 260 g/mol. The van der Waals surface area contributed by atoms with Crippen molar-refractivity contribution in [2.24, 2.45) is 0 Å². The fraction of sp³-hybridized carbons (Fsp3) is 0.600. The van der Waals surface area contributed by atoms with Gasteiger partial charge in [0, 0.05) is 0 Å². The lowest BCUT2D eigenvalue weighted by molar-refractivity contribution is -0.144. The van der Waals surface area contributed by atoms with E-state index in [0.29, 0.717) is 6.61 Å². The van der Waals surface area contributed by atoms with Crippen LogP contribution in [0.15, 0.2) is 12.4 Å². The van der Waals surface area contributed by atoms with Crippen molar-refractivity contribution in [2.75, 3.05) is 20.2 Å². The fourth-order valence-corrected chi connectivity index (χ4v) is 1.05. The van der Waals surface area contributed by atoms with E-state index in [-0.39, 0.29) is 29.5 Å². The number of halogens is 1. The van der Waals surface area contributed by atoms with Gasteiger partial charge in [-0.2, -0.15) is 0 Å². The van der Waals surface area contributed by atoms with E-state index in [1.54, 1.807) is 16.0 Å². The molecule has 1 aliphatic rings. The molecule has 0 fully saturated rings. The third-order valence-corrected chi connectivity index (χ3v) is 1.82. The standard InChI is InChI=1S/C10H16N2O2.BrH/c1-3-4-7-14-10(13)8-12-6-5-11(2)9-12;/h5-6H,3-4,7-8H2,1-2H3;1H/q+1;/p-1. The zero-order valence-electron chi connectivity index (χ0n) is 9.07. The number of rotatable bonds is 5. The second kappa shape index (κ2) is 7.45. The highest BCUT2D eigenvalue weighted by molar-refractivity contribution is 5.72. The van der Waals surface area contributed by atoms with Gasteiger partial charge in [0.2, 0.25) is 0 Å². The molecule has 0 bridgehead atoms. The Morgan fingerprint density at radius 3 is 2.73 bits per heavy atom. The molecule has 4 nitrogen and oxygen atoms in total. The van der Waals surface area contributed by atoms with Gasteiger partial charge in [0.05, 0.1) is 26.1 Å². The molecule has 0 spiro atoms. The Labute approximate surface area is 102 Å². The summed E-state index contributed by atoms with van der Waals surface area (Å²) < 4.78 is 5.01. The average Bonchev–Trinajstić information content (AvgIpc) is 2.52. The Balaban J connectivity index is 0.00000196. The Morgan fingerprint density at radius 1 is 1.47 bits per heavy atom. The Morgan fingerprint density at radius 2 is 2.20 bits per heavy atom. The molecule has 0 saturated heterocycles. The van der Waals surface area contributed by atoms with Crippen LogP contribution in [0.3, 0.4) is 0 Å². The van der Waals surface area contributed by atoms with E-state index >= 15 is 0 Å². The summed E-state index contributed by atoms with van der Waals surface area (Å²) in [4.78, 5) is 14.7. The van der Waals surface area contributed by atoms with Crippen LogP contribution in [0.1, 0.15) is 19.8 Å². The van der Waals surface area contributed by atoms with Crippen LogP contribution in [0.25, 0.3) is 0 Å². The van der Waals surface area contributed by atoms with Crippen LogP contribution in [0.2, 0.25) is 0 Å². The largest absolute Gasteiger partial charge is 1.00 e. The fourth-order valence-electron chi connectivity index (χ4n) is 1.05. The van der Waals surface area contributed by atoms with Crippen molar-refractivity contribution in [3.63, 3.8) is 0 Å². The zero-order valence-corrected chi connectivity index (χ0v) is 10.7. The number of esters is 1. The molecule has 85 valence electrons. The van der Waals surface area contributed by atoms with E-state index < -0.39 is 0 Å². The summed E-state index contributed by atoms with van der Waals surface area (Å²) in [5.74, 6) is -0.203. The predicted molar refractivity (Wildman–Crippen MR) is 52.7 cm³/mol. The van der Waals surface area contributed by atoms with Crippen LogP contribution in [0, 0.1) is 6.67 Å². The van der Waals surface area contributed by atoms with Crippen molar-refractivity contribution in [1.29, 1.82) is 0 Å². The van der Waals surface area contributed by atoms with Crippen LogP contribution < -0.4 is 17.0 Å². The summed E-state index contributed by atoms with van der Waals surface area (Å²) in [5, 5.41) is 0. The molecule has 15 heavy (non-hydrogen) atoms. The first-order valence-electron chi connectivity index (χ1n) is 4.82. The number of ether oxygens (including phenoxy) is 1. The number of hydrogen-bond acceptors (Lipinski definition) is 4. The number of carbonyl (C=O) groups is 1. The molecule has 1 radical (unpaired) electrons. The summed E-state index contributed by atoms with van der Waals surface area (Å²) >= 11 is 0. The van der Waals surface area contributed by atoms with Crippen molar-refractivity contribution in [3.8, 4) is 0 Å². The third kappa shape index (κ3) is 5.57. The van der Waals surface area contributed by atoms with Gasteiger partial charge in [-0.1, -0.05) is 13.3 Å². The minimum Gasteiger partial charge on any atom is -1.00 e. The highest BCUT2D eigenvalue weighted by Gasteiger charge is 2.30. The number of hydrogen-bond donors (Lipinski definition) is 0. The average molecular weight is 276 g/mol. The molecule has 1 heterocycles. The first-order valence-corrected chi connectivity index (χ1v) is 4.82. The molecule has 0 unspecified atom stereocenters. The predicted octanol–water partition coefficient (Wildman–Crippen LogP) is -1.95. The summed E-state index contributed by atoms with van der Waals surface area (Å²) in [5.41, 5.74) is 0. The maximum Gasteiger partial charge on any atom is 0.564 e. The van der Waals surface area contributed by atoms with Crippen LogP contribution in [-0.4, -0.2) is 36.0 Å². The van der Waals surface area contributed by atoms with Gasteiger partial charge in [-0.15, -0.1) is 9.80 Å². The minimum absolute atomic E-state index is 0. The number of carbonyl (C=O) groups excluding carboxylic acids is 1. The van der Waals surface area contributed by atoms with Crippen LogP contribution in [0.4, 0.5) is 0 Å². The Hall–Kier alpha value is -0.840. The van der Waals surface area contributed by atoms with E-state index in [2.05, 4.69) is 13.6 Å². The van der Waals surface area contributed by atoms with Gasteiger partial charge in [0.1, 0.15) is 0 Å². The van der Waals surface area contributed by atoms with Gasteiger partial charge in [0.15, 0.2) is 6.54 Å². The molecule has 0 aromatic rings. The van der Waals surface area contributed by atoms with E-state index in [1.807, 2.05) is 13.2 Å². The van der Waals surface area contributed by atoms with Gasteiger partial charge in [-0.3, -0.25) is 0 Å². The molecule has 0 saturated carbocycles. The molecule has 1 rings (SSSR count). The highest BCUT2D eigenvalue weighted by atomic mass is 79.9. The monoisotopic (exact) mass is 275 g/mol. The maximum atomic E-state index is 11.2. The third-order valence-electron chi connectivity index (χ3n) is 1.82. The van der Waals surface area contributed by atoms with Gasteiger partial charge < -0.3 is 21.7 Å². The molecular formula is C10H16BrN2O2. The minimum atomic E-state index is -0.203. The zero-order chi connectivity index (χ0) is 10.4. The van der Waals surface area contributed by atoms with E-state index in [4.69, 9.17) is 4.74 Å².